The maximum Gasteiger partial charge on any atom is 0.227 e. The Bertz CT molecular complexity index is 511. The summed E-state index contributed by atoms with van der Waals surface area (Å²) in [5.74, 6) is 0.842. The van der Waals surface area contributed by atoms with E-state index in [1.54, 1.807) is 0 Å². The molecule has 1 aliphatic heterocycles. The third-order valence-corrected chi connectivity index (χ3v) is 4.59. The third-order valence-electron chi connectivity index (χ3n) is 4.36. The molecule has 1 N–H and O–H groups in total. The van der Waals surface area contributed by atoms with E-state index in [1.165, 1.54) is 19.3 Å². The lowest BCUT2D eigenvalue weighted by molar-refractivity contribution is -0.117. The van der Waals surface area contributed by atoms with Gasteiger partial charge in [0.2, 0.25) is 5.91 Å². The molecule has 0 radical (unpaired) electrons. The summed E-state index contributed by atoms with van der Waals surface area (Å²) in [6, 6.07) is 5.80. The number of hydrogen-bond donors (Lipinski definition) is 1. The predicted octanol–water partition coefficient (Wildman–Crippen LogP) is 3.92. The second kappa shape index (κ2) is 5.65. The van der Waals surface area contributed by atoms with E-state index in [1.807, 2.05) is 18.2 Å². The van der Waals surface area contributed by atoms with Crippen molar-refractivity contribution in [3.8, 4) is 0 Å². The van der Waals surface area contributed by atoms with Gasteiger partial charge in [0.15, 0.2) is 0 Å². The number of hydrogen-bond acceptors (Lipinski definition) is 2. The zero-order valence-corrected chi connectivity index (χ0v) is 12.6. The minimum Gasteiger partial charge on any atom is -0.370 e. The SMILES string of the molecule is CC1CC1C(=O)Nc1cc(Cl)ccc1N1CCCCC1. The van der Waals surface area contributed by atoms with Crippen molar-refractivity contribution in [1.82, 2.24) is 0 Å². The Morgan fingerprint density at radius 2 is 2.00 bits per heavy atom. The van der Waals surface area contributed by atoms with E-state index in [4.69, 9.17) is 11.6 Å². The Hall–Kier alpha value is -1.22. The van der Waals surface area contributed by atoms with E-state index in [0.717, 1.165) is 30.9 Å². The molecular formula is C16H21ClN2O. The Morgan fingerprint density at radius 3 is 2.65 bits per heavy atom. The summed E-state index contributed by atoms with van der Waals surface area (Å²) in [6.07, 6.45) is 4.74. The van der Waals surface area contributed by atoms with Gasteiger partial charge in [-0.1, -0.05) is 18.5 Å². The molecule has 3 nitrogen and oxygen atoms in total. The standard InChI is InChI=1S/C16H21ClN2O/c1-11-9-13(11)16(20)18-14-10-12(17)5-6-15(14)19-7-3-2-4-8-19/h5-6,10-11,13H,2-4,7-9H2,1H3,(H,18,20). The third kappa shape index (κ3) is 2.93. The number of anilines is 2. The molecule has 4 heteroatoms. The molecule has 20 heavy (non-hydrogen) atoms. The van der Waals surface area contributed by atoms with Crippen molar-refractivity contribution >= 4 is 28.9 Å². The highest BCUT2D eigenvalue weighted by atomic mass is 35.5. The Morgan fingerprint density at radius 1 is 1.30 bits per heavy atom. The summed E-state index contributed by atoms with van der Waals surface area (Å²) in [4.78, 5) is 14.5. The molecule has 1 saturated heterocycles. The van der Waals surface area contributed by atoms with Gasteiger partial charge < -0.3 is 10.2 Å². The number of amides is 1. The van der Waals surface area contributed by atoms with Crippen molar-refractivity contribution in [3.63, 3.8) is 0 Å². The van der Waals surface area contributed by atoms with Crippen molar-refractivity contribution in [2.75, 3.05) is 23.3 Å². The summed E-state index contributed by atoms with van der Waals surface area (Å²) in [5.41, 5.74) is 1.97. The van der Waals surface area contributed by atoms with E-state index in [2.05, 4.69) is 17.1 Å². The van der Waals surface area contributed by atoms with E-state index >= 15 is 0 Å². The fraction of sp³-hybridized carbons (Fsp3) is 0.562. The number of carbonyl (C=O) groups excluding carboxylic acids is 1. The van der Waals surface area contributed by atoms with E-state index in [9.17, 15) is 4.79 Å². The van der Waals surface area contributed by atoms with Crippen molar-refractivity contribution in [2.45, 2.75) is 32.6 Å². The second-order valence-electron chi connectivity index (χ2n) is 6.02. The molecule has 2 aliphatic rings. The molecule has 1 saturated carbocycles. The van der Waals surface area contributed by atoms with Gasteiger partial charge in [-0.05, 0) is 49.8 Å². The fourth-order valence-electron chi connectivity index (χ4n) is 2.93. The van der Waals surface area contributed by atoms with E-state index in [-0.39, 0.29) is 11.8 Å². The van der Waals surface area contributed by atoms with Crippen LogP contribution in [0.4, 0.5) is 11.4 Å². The van der Waals surface area contributed by atoms with Crippen LogP contribution in [0.15, 0.2) is 18.2 Å². The van der Waals surface area contributed by atoms with Gasteiger partial charge in [0, 0.05) is 24.0 Å². The maximum absolute atomic E-state index is 12.2. The van der Waals surface area contributed by atoms with Gasteiger partial charge in [-0.3, -0.25) is 4.79 Å². The molecule has 1 heterocycles. The van der Waals surface area contributed by atoms with Crippen LogP contribution in [0.25, 0.3) is 0 Å². The molecule has 2 fully saturated rings. The summed E-state index contributed by atoms with van der Waals surface area (Å²) in [7, 11) is 0. The van der Waals surface area contributed by atoms with Crippen molar-refractivity contribution < 1.29 is 4.79 Å². The molecule has 1 aromatic carbocycles. The first kappa shape index (κ1) is 13.7. The zero-order chi connectivity index (χ0) is 14.1. The lowest BCUT2D eigenvalue weighted by Crippen LogP contribution is -2.30. The Kier molecular flexibility index (Phi) is 3.88. The van der Waals surface area contributed by atoms with Crippen LogP contribution in [-0.4, -0.2) is 19.0 Å². The molecule has 0 spiro atoms. The number of carbonyl (C=O) groups is 1. The number of benzene rings is 1. The maximum atomic E-state index is 12.2. The molecule has 2 atom stereocenters. The van der Waals surface area contributed by atoms with E-state index < -0.39 is 0 Å². The van der Waals surface area contributed by atoms with Gasteiger partial charge in [-0.15, -0.1) is 0 Å². The smallest absolute Gasteiger partial charge is 0.227 e. The number of nitrogens with zero attached hydrogens (tertiary/aromatic N) is 1. The van der Waals surface area contributed by atoms with Crippen LogP contribution in [0.5, 0.6) is 0 Å². The van der Waals surface area contributed by atoms with Gasteiger partial charge in [0.25, 0.3) is 0 Å². The second-order valence-corrected chi connectivity index (χ2v) is 6.45. The van der Waals surface area contributed by atoms with Gasteiger partial charge in [0.05, 0.1) is 11.4 Å². The minimum absolute atomic E-state index is 0.137. The monoisotopic (exact) mass is 292 g/mol. The van der Waals surface area contributed by atoms with Crippen molar-refractivity contribution in [1.29, 1.82) is 0 Å². The average molecular weight is 293 g/mol. The zero-order valence-electron chi connectivity index (χ0n) is 11.9. The van der Waals surface area contributed by atoms with Gasteiger partial charge >= 0.3 is 0 Å². The molecule has 0 bridgehead atoms. The Labute approximate surface area is 125 Å². The van der Waals surface area contributed by atoms with E-state index in [0.29, 0.717) is 10.9 Å². The van der Waals surface area contributed by atoms with Gasteiger partial charge in [-0.25, -0.2) is 0 Å². The fourth-order valence-corrected chi connectivity index (χ4v) is 3.10. The summed E-state index contributed by atoms with van der Waals surface area (Å²) in [5, 5.41) is 3.75. The molecule has 1 amide bonds. The van der Waals surface area contributed by atoms with Crippen LogP contribution >= 0.6 is 11.6 Å². The number of rotatable bonds is 3. The minimum atomic E-state index is 0.137. The van der Waals surface area contributed by atoms with Crippen LogP contribution in [0.1, 0.15) is 32.6 Å². The van der Waals surface area contributed by atoms with Crippen LogP contribution < -0.4 is 10.2 Å². The number of nitrogens with one attached hydrogen (secondary N) is 1. The molecule has 2 unspecified atom stereocenters. The van der Waals surface area contributed by atoms with Crippen LogP contribution in [0, 0.1) is 11.8 Å². The van der Waals surface area contributed by atoms with Gasteiger partial charge in [0.1, 0.15) is 0 Å². The highest BCUT2D eigenvalue weighted by Crippen LogP contribution is 2.39. The molecule has 0 aromatic heterocycles. The quantitative estimate of drug-likeness (QED) is 0.915. The molecule has 1 aromatic rings. The average Bonchev–Trinajstić information content (AvgIpc) is 3.17. The first-order valence-corrected chi connectivity index (χ1v) is 7.88. The largest absolute Gasteiger partial charge is 0.370 e. The normalized spacial score (nSPS) is 25.4. The number of halogens is 1. The van der Waals surface area contributed by atoms with Crippen LogP contribution in [0.3, 0.4) is 0 Å². The predicted molar refractivity (Wildman–Crippen MR) is 83.4 cm³/mol. The molecule has 3 rings (SSSR count). The Balaban J connectivity index is 1.80. The molecule has 108 valence electrons. The number of piperidine rings is 1. The molecular weight excluding hydrogens is 272 g/mol. The van der Waals surface area contributed by atoms with Crippen molar-refractivity contribution in [2.24, 2.45) is 11.8 Å². The summed E-state index contributed by atoms with van der Waals surface area (Å²) >= 11 is 6.09. The first-order valence-electron chi connectivity index (χ1n) is 7.50. The first-order chi connectivity index (χ1) is 9.65. The van der Waals surface area contributed by atoms with Crippen molar-refractivity contribution in [3.05, 3.63) is 23.2 Å². The lowest BCUT2D eigenvalue weighted by atomic mass is 10.1. The topological polar surface area (TPSA) is 32.3 Å². The summed E-state index contributed by atoms with van der Waals surface area (Å²) < 4.78 is 0. The molecule has 1 aliphatic carbocycles. The summed E-state index contributed by atoms with van der Waals surface area (Å²) in [6.45, 7) is 4.24. The highest BCUT2D eigenvalue weighted by Gasteiger charge is 2.39. The van der Waals surface area contributed by atoms with Gasteiger partial charge in [-0.2, -0.15) is 0 Å². The highest BCUT2D eigenvalue weighted by molar-refractivity contribution is 6.31. The van der Waals surface area contributed by atoms with Crippen LogP contribution in [0.2, 0.25) is 5.02 Å². The van der Waals surface area contributed by atoms with Crippen LogP contribution in [-0.2, 0) is 4.79 Å². The lowest BCUT2D eigenvalue weighted by Gasteiger charge is -2.30.